The minimum absolute atomic E-state index is 0.0397. The molecule has 2 amide bonds. The Hall–Kier alpha value is -3.84. The van der Waals surface area contributed by atoms with Gasteiger partial charge in [-0.15, -0.1) is 0 Å². The summed E-state index contributed by atoms with van der Waals surface area (Å²) >= 11 is 0. The highest BCUT2D eigenvalue weighted by Gasteiger charge is 2.23. The van der Waals surface area contributed by atoms with Crippen LogP contribution >= 0.6 is 0 Å². The zero-order valence-electron chi connectivity index (χ0n) is 19.4. The molecular weight excluding hydrogens is 426 g/mol. The maximum absolute atomic E-state index is 12.7. The molecule has 1 fully saturated rings. The number of imidazole rings is 1. The van der Waals surface area contributed by atoms with E-state index in [1.165, 1.54) is 0 Å². The SMILES string of the molecule is COc1ccccc1CNC(=O)N1CCN(Cc2nc3ccccc3n2-c2ccccc2)CC1. The first-order chi connectivity index (χ1) is 16.7. The number of hydrogen-bond donors (Lipinski definition) is 1. The Balaban J connectivity index is 1.23. The highest BCUT2D eigenvalue weighted by Crippen LogP contribution is 2.23. The molecule has 1 aliphatic rings. The van der Waals surface area contributed by atoms with Crippen molar-refractivity contribution >= 4 is 17.1 Å². The van der Waals surface area contributed by atoms with Crippen LogP contribution < -0.4 is 10.1 Å². The highest BCUT2D eigenvalue weighted by atomic mass is 16.5. The molecule has 174 valence electrons. The Morgan fingerprint density at radius 3 is 2.41 bits per heavy atom. The molecule has 0 unspecified atom stereocenters. The first-order valence-electron chi connectivity index (χ1n) is 11.6. The number of hydrogen-bond acceptors (Lipinski definition) is 4. The zero-order chi connectivity index (χ0) is 23.3. The van der Waals surface area contributed by atoms with E-state index in [0.717, 1.165) is 53.5 Å². The molecule has 1 aromatic heterocycles. The molecule has 34 heavy (non-hydrogen) atoms. The molecule has 0 atom stereocenters. The number of aromatic nitrogens is 2. The number of benzene rings is 3. The van der Waals surface area contributed by atoms with Gasteiger partial charge < -0.3 is 15.0 Å². The van der Waals surface area contributed by atoms with Crippen molar-refractivity contribution in [2.45, 2.75) is 13.1 Å². The molecule has 0 spiro atoms. The summed E-state index contributed by atoms with van der Waals surface area (Å²) in [5.74, 6) is 1.80. The minimum Gasteiger partial charge on any atom is -0.496 e. The van der Waals surface area contributed by atoms with Gasteiger partial charge in [0, 0.05) is 44.0 Å². The van der Waals surface area contributed by atoms with E-state index in [1.807, 2.05) is 41.3 Å². The van der Waals surface area contributed by atoms with E-state index in [2.05, 4.69) is 57.2 Å². The summed E-state index contributed by atoms with van der Waals surface area (Å²) in [7, 11) is 1.64. The van der Waals surface area contributed by atoms with Crippen molar-refractivity contribution in [2.24, 2.45) is 0 Å². The van der Waals surface area contributed by atoms with Gasteiger partial charge in [0.05, 0.1) is 24.7 Å². The molecular formula is C27H29N5O2. The lowest BCUT2D eigenvalue weighted by Crippen LogP contribution is -2.51. The predicted octanol–water partition coefficient (Wildman–Crippen LogP) is 4.06. The molecule has 4 aromatic rings. The molecule has 0 bridgehead atoms. The van der Waals surface area contributed by atoms with Crippen LogP contribution in [0.2, 0.25) is 0 Å². The van der Waals surface area contributed by atoms with Gasteiger partial charge in [-0.3, -0.25) is 9.47 Å². The molecule has 1 N–H and O–H groups in total. The van der Waals surface area contributed by atoms with Crippen LogP contribution in [0.4, 0.5) is 4.79 Å². The fourth-order valence-corrected chi connectivity index (χ4v) is 4.49. The molecule has 1 aliphatic heterocycles. The van der Waals surface area contributed by atoms with Gasteiger partial charge in [-0.25, -0.2) is 9.78 Å². The number of carbonyl (C=O) groups is 1. The molecule has 7 nitrogen and oxygen atoms in total. The molecule has 1 saturated heterocycles. The lowest BCUT2D eigenvalue weighted by atomic mass is 10.2. The highest BCUT2D eigenvalue weighted by molar-refractivity contribution is 5.78. The van der Waals surface area contributed by atoms with Gasteiger partial charge in [0.15, 0.2) is 0 Å². The Morgan fingerprint density at radius 2 is 1.62 bits per heavy atom. The average Bonchev–Trinajstić information content (AvgIpc) is 3.26. The number of carbonyl (C=O) groups excluding carboxylic acids is 1. The van der Waals surface area contributed by atoms with Crippen LogP contribution in [0.1, 0.15) is 11.4 Å². The van der Waals surface area contributed by atoms with Gasteiger partial charge in [-0.05, 0) is 30.3 Å². The number of rotatable bonds is 6. The first kappa shape index (κ1) is 22.0. The van der Waals surface area contributed by atoms with E-state index in [9.17, 15) is 4.79 Å². The number of para-hydroxylation sites is 4. The van der Waals surface area contributed by atoms with E-state index in [1.54, 1.807) is 7.11 Å². The zero-order valence-corrected chi connectivity index (χ0v) is 19.4. The number of ether oxygens (including phenoxy) is 1. The first-order valence-corrected chi connectivity index (χ1v) is 11.6. The smallest absolute Gasteiger partial charge is 0.317 e. The van der Waals surface area contributed by atoms with Crippen molar-refractivity contribution in [1.29, 1.82) is 0 Å². The summed E-state index contributed by atoms with van der Waals surface area (Å²) < 4.78 is 7.62. The normalized spacial score (nSPS) is 14.3. The number of fused-ring (bicyclic) bond motifs is 1. The van der Waals surface area contributed by atoms with Crippen molar-refractivity contribution in [2.75, 3.05) is 33.3 Å². The number of nitrogens with one attached hydrogen (secondary N) is 1. The van der Waals surface area contributed by atoms with Crippen LogP contribution in [0.3, 0.4) is 0 Å². The molecule has 0 aliphatic carbocycles. The molecule has 0 radical (unpaired) electrons. The van der Waals surface area contributed by atoms with Gasteiger partial charge >= 0.3 is 6.03 Å². The van der Waals surface area contributed by atoms with E-state index in [4.69, 9.17) is 9.72 Å². The Labute approximate surface area is 199 Å². The maximum atomic E-state index is 12.7. The number of nitrogens with zero attached hydrogens (tertiary/aromatic N) is 4. The summed E-state index contributed by atoms with van der Waals surface area (Å²) in [5, 5.41) is 3.03. The van der Waals surface area contributed by atoms with Crippen molar-refractivity contribution in [3.8, 4) is 11.4 Å². The topological polar surface area (TPSA) is 62.6 Å². The lowest BCUT2D eigenvalue weighted by molar-refractivity contribution is 0.133. The summed E-state index contributed by atoms with van der Waals surface area (Å²) in [6.07, 6.45) is 0. The van der Waals surface area contributed by atoms with Crippen molar-refractivity contribution in [1.82, 2.24) is 24.7 Å². The van der Waals surface area contributed by atoms with Gasteiger partial charge in [-0.2, -0.15) is 0 Å². The van der Waals surface area contributed by atoms with Crippen LogP contribution in [0, 0.1) is 0 Å². The van der Waals surface area contributed by atoms with Crippen LogP contribution in [0.5, 0.6) is 5.75 Å². The van der Waals surface area contributed by atoms with Gasteiger partial charge in [0.2, 0.25) is 0 Å². The standard InChI is InChI=1S/C27H29N5O2/c1-34-25-14-8-5-9-21(25)19-28-27(33)31-17-15-30(16-18-31)20-26-29-23-12-6-7-13-24(23)32(26)22-10-3-2-4-11-22/h2-14H,15-20H2,1H3,(H,28,33). The number of piperazine rings is 1. The van der Waals surface area contributed by atoms with Gasteiger partial charge in [0.1, 0.15) is 11.6 Å². The number of methoxy groups -OCH3 is 1. The summed E-state index contributed by atoms with van der Waals surface area (Å²) in [4.78, 5) is 21.9. The molecule has 7 heteroatoms. The second kappa shape index (κ2) is 9.97. The van der Waals surface area contributed by atoms with E-state index < -0.39 is 0 Å². The molecule has 2 heterocycles. The monoisotopic (exact) mass is 455 g/mol. The van der Waals surface area contributed by atoms with E-state index >= 15 is 0 Å². The fourth-order valence-electron chi connectivity index (χ4n) is 4.49. The summed E-state index contributed by atoms with van der Waals surface area (Å²) in [5.41, 5.74) is 4.19. The van der Waals surface area contributed by atoms with Crippen LogP contribution in [0.25, 0.3) is 16.7 Å². The van der Waals surface area contributed by atoms with E-state index in [0.29, 0.717) is 19.6 Å². The van der Waals surface area contributed by atoms with Crippen LogP contribution in [0.15, 0.2) is 78.9 Å². The quantitative estimate of drug-likeness (QED) is 0.476. The fraction of sp³-hybridized carbons (Fsp3) is 0.259. The lowest BCUT2D eigenvalue weighted by Gasteiger charge is -2.34. The van der Waals surface area contributed by atoms with Crippen LogP contribution in [-0.2, 0) is 13.1 Å². The number of amides is 2. The summed E-state index contributed by atoms with van der Waals surface area (Å²) in [6, 6.07) is 26.3. The Kier molecular flexibility index (Phi) is 6.44. The van der Waals surface area contributed by atoms with Crippen molar-refractivity contribution in [3.05, 3.63) is 90.3 Å². The van der Waals surface area contributed by atoms with Crippen molar-refractivity contribution in [3.63, 3.8) is 0 Å². The van der Waals surface area contributed by atoms with Crippen molar-refractivity contribution < 1.29 is 9.53 Å². The molecule has 0 saturated carbocycles. The maximum Gasteiger partial charge on any atom is 0.317 e. The number of urea groups is 1. The molecule has 5 rings (SSSR count). The van der Waals surface area contributed by atoms with Gasteiger partial charge in [-0.1, -0.05) is 48.5 Å². The largest absolute Gasteiger partial charge is 0.496 e. The second-order valence-corrected chi connectivity index (χ2v) is 8.42. The Bertz CT molecular complexity index is 1260. The van der Waals surface area contributed by atoms with E-state index in [-0.39, 0.29) is 6.03 Å². The third-order valence-corrected chi connectivity index (χ3v) is 6.29. The minimum atomic E-state index is -0.0397. The second-order valence-electron chi connectivity index (χ2n) is 8.42. The predicted molar refractivity (Wildman–Crippen MR) is 133 cm³/mol. The summed E-state index contributed by atoms with van der Waals surface area (Å²) in [6.45, 7) is 4.16. The van der Waals surface area contributed by atoms with Crippen LogP contribution in [-0.4, -0.2) is 58.7 Å². The molecule has 3 aromatic carbocycles. The third-order valence-electron chi connectivity index (χ3n) is 6.29. The average molecular weight is 456 g/mol. The Morgan fingerprint density at radius 1 is 0.912 bits per heavy atom. The third kappa shape index (κ3) is 4.61. The van der Waals surface area contributed by atoms with Gasteiger partial charge in [0.25, 0.3) is 0 Å².